The van der Waals surface area contributed by atoms with Crippen LogP contribution in [0.15, 0.2) is 249 Å². The van der Waals surface area contributed by atoms with Crippen LogP contribution in [0.5, 0.6) is 0 Å². The molecule has 14 aromatic rings. The molecule has 3 heterocycles. The van der Waals surface area contributed by atoms with Crippen LogP contribution in [0.25, 0.3) is 132 Å². The highest BCUT2D eigenvalue weighted by Gasteiger charge is 2.18. The van der Waals surface area contributed by atoms with Gasteiger partial charge in [0.25, 0.3) is 0 Å². The summed E-state index contributed by atoms with van der Waals surface area (Å²) < 4.78 is 4.86. The second-order valence-corrected chi connectivity index (χ2v) is 17.9. The summed E-state index contributed by atoms with van der Waals surface area (Å²) in [5.41, 5.74) is 15.8. The smallest absolute Gasteiger partial charge is 0.0715 e. The Morgan fingerprint density at radius 2 is 0.618 bits per heavy atom. The van der Waals surface area contributed by atoms with Crippen molar-refractivity contribution in [2.45, 2.75) is 0 Å². The summed E-state index contributed by atoms with van der Waals surface area (Å²) in [5.74, 6) is 0. The molecule has 68 heavy (non-hydrogen) atoms. The van der Waals surface area contributed by atoms with Crippen molar-refractivity contribution in [1.29, 1.82) is 0 Å². The van der Waals surface area contributed by atoms with Gasteiger partial charge in [-0.2, -0.15) is 0 Å². The van der Waals surface area contributed by atoms with Crippen molar-refractivity contribution in [1.82, 2.24) is 14.1 Å². The van der Waals surface area contributed by atoms with E-state index >= 15 is 0 Å². The van der Waals surface area contributed by atoms with Gasteiger partial charge in [-0.15, -0.1) is 0 Å². The molecule has 0 saturated heterocycles. The molecule has 3 aromatic heterocycles. The van der Waals surface area contributed by atoms with Crippen molar-refractivity contribution in [3.63, 3.8) is 0 Å². The van der Waals surface area contributed by atoms with E-state index in [1.807, 2.05) is 0 Å². The van der Waals surface area contributed by atoms with Gasteiger partial charge in [0.05, 0.1) is 33.5 Å². The maximum absolute atomic E-state index is 5.22. The number of fused-ring (bicyclic) bond motifs is 12. The highest BCUT2D eigenvalue weighted by atomic mass is 15.0. The Morgan fingerprint density at radius 1 is 0.206 bits per heavy atom. The Labute approximate surface area is 393 Å². The third-order valence-corrected chi connectivity index (χ3v) is 14.1. The molecule has 0 aliphatic carbocycles. The highest BCUT2D eigenvalue weighted by molar-refractivity contribution is 6.25. The normalized spacial score (nSPS) is 11.8. The largest absolute Gasteiger partial charge is 0.309 e. The molecule has 0 atom stereocenters. The van der Waals surface area contributed by atoms with Crippen LogP contribution in [0.1, 0.15) is 0 Å². The molecule has 0 saturated carbocycles. The number of nitrogens with zero attached hydrogens (tertiary/aromatic N) is 3. The van der Waals surface area contributed by atoms with Gasteiger partial charge in [0.1, 0.15) is 0 Å². The van der Waals surface area contributed by atoms with Crippen molar-refractivity contribution < 1.29 is 0 Å². The van der Waals surface area contributed by atoms with Gasteiger partial charge >= 0.3 is 0 Å². The minimum absolute atomic E-state index is 0.945. The zero-order valence-electron chi connectivity index (χ0n) is 37.0. The van der Waals surface area contributed by atoms with E-state index in [2.05, 4.69) is 258 Å². The molecule has 0 N–H and O–H groups in total. The number of pyridine rings is 1. The molecule has 316 valence electrons. The van der Waals surface area contributed by atoms with Gasteiger partial charge in [0, 0.05) is 44.0 Å². The van der Waals surface area contributed by atoms with Crippen LogP contribution in [0, 0.1) is 0 Å². The molecule has 0 unspecified atom stereocenters. The first-order valence-corrected chi connectivity index (χ1v) is 23.4. The highest BCUT2D eigenvalue weighted by Crippen LogP contribution is 2.41. The average Bonchev–Trinajstić information content (AvgIpc) is 3.93. The van der Waals surface area contributed by atoms with E-state index in [9.17, 15) is 0 Å². The predicted octanol–water partition coefficient (Wildman–Crippen LogP) is 17.4. The fraction of sp³-hybridized carbons (Fsp3) is 0. The first-order valence-electron chi connectivity index (χ1n) is 23.4. The maximum atomic E-state index is 5.22. The first-order chi connectivity index (χ1) is 33.7. The molecule has 0 aliphatic rings. The molecule has 0 radical (unpaired) electrons. The Bertz CT molecular complexity index is 4200. The van der Waals surface area contributed by atoms with Crippen molar-refractivity contribution in [3.8, 4) is 56.1 Å². The van der Waals surface area contributed by atoms with Crippen molar-refractivity contribution in [2.24, 2.45) is 0 Å². The van der Waals surface area contributed by atoms with Gasteiger partial charge < -0.3 is 9.13 Å². The van der Waals surface area contributed by atoms with Crippen LogP contribution in [-0.2, 0) is 0 Å². The zero-order chi connectivity index (χ0) is 44.7. The second kappa shape index (κ2) is 15.3. The van der Waals surface area contributed by atoms with Crippen molar-refractivity contribution in [3.05, 3.63) is 249 Å². The topological polar surface area (TPSA) is 22.8 Å². The molecule has 0 spiro atoms. The first kappa shape index (κ1) is 38.2. The number of benzene rings is 11. The maximum Gasteiger partial charge on any atom is 0.0715 e. The van der Waals surface area contributed by atoms with E-state index in [1.54, 1.807) is 0 Å². The second-order valence-electron chi connectivity index (χ2n) is 17.9. The van der Waals surface area contributed by atoms with E-state index < -0.39 is 0 Å². The molecule has 0 amide bonds. The van der Waals surface area contributed by atoms with E-state index in [0.29, 0.717) is 0 Å². The molecule has 14 rings (SSSR count). The molecule has 0 bridgehead atoms. The van der Waals surface area contributed by atoms with Gasteiger partial charge in [-0.05, 0) is 121 Å². The van der Waals surface area contributed by atoms with Crippen molar-refractivity contribution >= 4 is 75.9 Å². The number of hydrogen-bond acceptors (Lipinski definition) is 1. The Morgan fingerprint density at radius 3 is 1.26 bits per heavy atom. The monoisotopic (exact) mass is 863 g/mol. The van der Waals surface area contributed by atoms with Crippen LogP contribution in [-0.4, -0.2) is 14.1 Å². The van der Waals surface area contributed by atoms with Gasteiger partial charge in [0.2, 0.25) is 0 Å². The summed E-state index contributed by atoms with van der Waals surface area (Å²) in [6.45, 7) is 0. The molecule has 3 nitrogen and oxygen atoms in total. The summed E-state index contributed by atoms with van der Waals surface area (Å²) in [7, 11) is 0. The van der Waals surface area contributed by atoms with Crippen LogP contribution >= 0.6 is 0 Å². The Balaban J connectivity index is 0.888. The minimum atomic E-state index is 0.945. The molecule has 3 heteroatoms. The number of para-hydroxylation sites is 2. The predicted molar refractivity (Wildman–Crippen MR) is 287 cm³/mol. The summed E-state index contributed by atoms with van der Waals surface area (Å²) in [5, 5.41) is 12.6. The van der Waals surface area contributed by atoms with Crippen LogP contribution < -0.4 is 0 Å². The van der Waals surface area contributed by atoms with Gasteiger partial charge in [-0.25, -0.2) is 4.98 Å². The third kappa shape index (κ3) is 6.03. The van der Waals surface area contributed by atoms with E-state index in [1.165, 1.54) is 92.6 Å². The number of aromatic nitrogens is 3. The van der Waals surface area contributed by atoms with Crippen molar-refractivity contribution in [2.75, 3.05) is 0 Å². The molecular formula is C65H41N3. The molecular weight excluding hydrogens is 823 g/mol. The number of rotatable bonds is 6. The summed E-state index contributed by atoms with van der Waals surface area (Å²) in [4.78, 5) is 5.22. The molecule has 0 aliphatic heterocycles. The van der Waals surface area contributed by atoms with Gasteiger partial charge in [0.15, 0.2) is 0 Å². The fourth-order valence-electron chi connectivity index (χ4n) is 10.9. The quantitative estimate of drug-likeness (QED) is 0.153. The molecule has 0 fully saturated rings. The van der Waals surface area contributed by atoms with Gasteiger partial charge in [-0.3, -0.25) is 0 Å². The summed E-state index contributed by atoms with van der Waals surface area (Å²) >= 11 is 0. The van der Waals surface area contributed by atoms with E-state index in [0.717, 1.165) is 39.5 Å². The fourth-order valence-corrected chi connectivity index (χ4v) is 10.9. The third-order valence-electron chi connectivity index (χ3n) is 14.1. The Hall–Kier alpha value is -9.05. The zero-order valence-corrected chi connectivity index (χ0v) is 37.0. The Kier molecular flexibility index (Phi) is 8.59. The lowest BCUT2D eigenvalue weighted by Gasteiger charge is -2.14. The minimum Gasteiger partial charge on any atom is -0.309 e. The van der Waals surface area contributed by atoms with Crippen LogP contribution in [0.2, 0.25) is 0 Å². The van der Waals surface area contributed by atoms with Gasteiger partial charge in [-0.1, -0.05) is 182 Å². The SMILES string of the molecule is c1ccc(-c2cc(-c3ccccc3)nc(-c3ccc(-n4c5ccccc5c5ccc(-c6ccc7c(c6)c6ccccc6n7-c6ccc7c8ccccc8c8ccccc8c7c6)cc54)cc3)c2)cc1. The molecule has 11 aromatic carbocycles. The van der Waals surface area contributed by atoms with Crippen LogP contribution in [0.3, 0.4) is 0 Å². The standard InChI is InChI=1S/C65H41N3/c1-3-15-42(16-4-1)47-38-60(43-17-5-2-6-18-43)66-61(39-47)44-27-31-48(32-28-44)67-62-25-13-11-23-55(62)57-34-29-46(40-65(57)67)45-30-36-64-59(37-45)56-24-12-14-26-63(56)68(64)49-33-35-54-52-21-8-7-19-50(52)51-20-9-10-22-53(51)58(54)41-49/h1-41H. The average molecular weight is 864 g/mol. The lowest BCUT2D eigenvalue weighted by molar-refractivity contribution is 1.18. The van der Waals surface area contributed by atoms with Crippen LogP contribution in [0.4, 0.5) is 0 Å². The van der Waals surface area contributed by atoms with E-state index in [-0.39, 0.29) is 0 Å². The number of hydrogen-bond donors (Lipinski definition) is 0. The van der Waals surface area contributed by atoms with E-state index in [4.69, 9.17) is 4.98 Å². The summed E-state index contributed by atoms with van der Waals surface area (Å²) in [6, 6.07) is 90.6. The summed E-state index contributed by atoms with van der Waals surface area (Å²) in [6.07, 6.45) is 0. The lowest BCUT2D eigenvalue weighted by atomic mass is 9.94. The lowest BCUT2D eigenvalue weighted by Crippen LogP contribution is -1.95.